The summed E-state index contributed by atoms with van der Waals surface area (Å²) in [5.74, 6) is -0.481. The number of aromatic nitrogens is 1. The molecule has 12 heteroatoms. The molecule has 2 aromatic carbocycles. The molecule has 0 unspecified atom stereocenters. The van der Waals surface area contributed by atoms with Crippen molar-refractivity contribution in [3.8, 4) is 22.8 Å². The van der Waals surface area contributed by atoms with E-state index >= 15 is 0 Å². The normalized spacial score (nSPS) is 11.2. The number of ether oxygens (including phenoxy) is 3. The van der Waals surface area contributed by atoms with Crippen LogP contribution in [0.15, 0.2) is 48.5 Å². The topological polar surface area (TPSA) is 107 Å². The molecule has 0 spiro atoms. The molecule has 202 valence electrons. The van der Waals surface area contributed by atoms with Gasteiger partial charge in [-0.1, -0.05) is 23.7 Å². The summed E-state index contributed by atoms with van der Waals surface area (Å²) >= 11 is 5.87. The number of ketones is 1. The number of Topliss-reactive ketones (excluding diaryl/α,β-unsaturated/α-hetero) is 1. The maximum atomic E-state index is 13.1. The van der Waals surface area contributed by atoms with Gasteiger partial charge in [-0.3, -0.25) is 9.59 Å². The van der Waals surface area contributed by atoms with Crippen LogP contribution in [0.25, 0.3) is 11.3 Å². The molecule has 3 rings (SSSR count). The second-order valence-corrected chi connectivity index (χ2v) is 8.28. The Labute approximate surface area is 221 Å². The van der Waals surface area contributed by atoms with Crippen molar-refractivity contribution in [3.63, 3.8) is 0 Å². The van der Waals surface area contributed by atoms with Crippen LogP contribution in [0.2, 0.25) is 5.02 Å². The van der Waals surface area contributed by atoms with Gasteiger partial charge in [0.15, 0.2) is 17.3 Å². The molecule has 0 saturated heterocycles. The number of hydrogen-bond acceptors (Lipinski definition) is 7. The highest BCUT2D eigenvalue weighted by atomic mass is 35.5. The fourth-order valence-corrected chi connectivity index (χ4v) is 3.78. The number of aliphatic hydroxyl groups is 1. The molecule has 0 atom stereocenters. The second-order valence-electron chi connectivity index (χ2n) is 7.87. The van der Waals surface area contributed by atoms with Crippen molar-refractivity contribution >= 4 is 23.3 Å². The van der Waals surface area contributed by atoms with Gasteiger partial charge in [0.2, 0.25) is 0 Å². The number of methoxy groups -OCH3 is 2. The SMILES string of the molecule is COCc1ccc(C(=O)CNC(=O)c2ccc(OCCO)c(OC)c2)nc1-c1ccc(C(F)(F)F)c(Cl)c1. The zero-order valence-electron chi connectivity index (χ0n) is 20.4. The largest absolute Gasteiger partial charge is 0.493 e. The molecule has 1 amide bonds. The molecule has 1 heterocycles. The molecule has 38 heavy (non-hydrogen) atoms. The maximum Gasteiger partial charge on any atom is 0.417 e. The Morgan fingerprint density at radius 1 is 1.05 bits per heavy atom. The van der Waals surface area contributed by atoms with Gasteiger partial charge in [0.1, 0.15) is 12.3 Å². The van der Waals surface area contributed by atoms with E-state index in [1.54, 1.807) is 6.07 Å². The molecule has 0 bridgehead atoms. The molecular formula is C26H24ClF3N2O6. The molecule has 0 aliphatic rings. The Bertz CT molecular complexity index is 1320. The Morgan fingerprint density at radius 2 is 1.82 bits per heavy atom. The van der Waals surface area contributed by atoms with Gasteiger partial charge < -0.3 is 24.6 Å². The molecule has 0 aliphatic carbocycles. The molecule has 0 fully saturated rings. The van der Waals surface area contributed by atoms with Crippen molar-refractivity contribution in [2.75, 3.05) is 34.0 Å². The van der Waals surface area contributed by atoms with Crippen molar-refractivity contribution in [2.45, 2.75) is 12.8 Å². The average molecular weight is 553 g/mol. The van der Waals surface area contributed by atoms with Crippen molar-refractivity contribution in [3.05, 3.63) is 75.9 Å². The third-order valence-corrected chi connectivity index (χ3v) is 5.61. The number of aliphatic hydroxyl groups excluding tert-OH is 1. The van der Waals surface area contributed by atoms with E-state index in [2.05, 4.69) is 10.3 Å². The number of carbonyl (C=O) groups excluding carboxylic acids is 2. The molecule has 0 radical (unpaired) electrons. The van der Waals surface area contributed by atoms with Crippen LogP contribution < -0.4 is 14.8 Å². The first-order valence-electron chi connectivity index (χ1n) is 11.2. The molecule has 0 saturated carbocycles. The van der Waals surface area contributed by atoms with Crippen LogP contribution in [0.5, 0.6) is 11.5 Å². The lowest BCUT2D eigenvalue weighted by Gasteiger charge is -2.14. The quantitative estimate of drug-likeness (QED) is 0.336. The number of benzene rings is 2. The minimum absolute atomic E-state index is 0.0125. The van der Waals surface area contributed by atoms with Crippen LogP contribution in [0.1, 0.15) is 32.0 Å². The van der Waals surface area contributed by atoms with Crippen molar-refractivity contribution < 1.29 is 42.1 Å². The molecular weight excluding hydrogens is 529 g/mol. The summed E-state index contributed by atoms with van der Waals surface area (Å²) in [6, 6.07) is 10.6. The predicted molar refractivity (Wildman–Crippen MR) is 133 cm³/mol. The van der Waals surface area contributed by atoms with E-state index in [0.29, 0.717) is 11.3 Å². The minimum atomic E-state index is -4.62. The van der Waals surface area contributed by atoms with E-state index in [1.807, 2.05) is 0 Å². The number of nitrogens with zero attached hydrogens (tertiary/aromatic N) is 1. The first-order chi connectivity index (χ1) is 18.1. The van der Waals surface area contributed by atoms with Gasteiger partial charge in [-0.15, -0.1) is 0 Å². The number of alkyl halides is 3. The van der Waals surface area contributed by atoms with Gasteiger partial charge >= 0.3 is 6.18 Å². The van der Waals surface area contributed by atoms with Gasteiger partial charge in [0.25, 0.3) is 5.91 Å². The smallest absolute Gasteiger partial charge is 0.417 e. The van der Waals surface area contributed by atoms with E-state index in [1.165, 1.54) is 44.6 Å². The van der Waals surface area contributed by atoms with E-state index in [0.717, 1.165) is 12.1 Å². The predicted octanol–water partition coefficient (Wildman–Crippen LogP) is 4.56. The van der Waals surface area contributed by atoms with E-state index in [4.69, 9.17) is 30.9 Å². The second kappa shape index (κ2) is 12.7. The number of nitrogens with one attached hydrogen (secondary N) is 1. The number of hydrogen-bond donors (Lipinski definition) is 2. The molecule has 3 aromatic rings. The molecule has 2 N–H and O–H groups in total. The number of carbonyl (C=O) groups is 2. The zero-order valence-corrected chi connectivity index (χ0v) is 21.2. The Hall–Kier alpha value is -3.67. The monoisotopic (exact) mass is 552 g/mol. The Kier molecular flexibility index (Phi) is 9.67. The first-order valence-corrected chi connectivity index (χ1v) is 11.6. The van der Waals surface area contributed by atoms with Gasteiger partial charge in [-0.25, -0.2) is 4.98 Å². The molecule has 8 nitrogen and oxygen atoms in total. The number of amides is 1. The van der Waals surface area contributed by atoms with E-state index in [-0.39, 0.29) is 48.1 Å². The van der Waals surface area contributed by atoms with Gasteiger partial charge in [-0.05, 0) is 36.4 Å². The first kappa shape index (κ1) is 28.9. The van der Waals surface area contributed by atoms with Crippen LogP contribution in [-0.4, -0.2) is 55.8 Å². The van der Waals surface area contributed by atoms with Crippen LogP contribution >= 0.6 is 11.6 Å². The Morgan fingerprint density at radius 3 is 2.45 bits per heavy atom. The highest BCUT2D eigenvalue weighted by molar-refractivity contribution is 6.31. The lowest BCUT2D eigenvalue weighted by atomic mass is 10.0. The third kappa shape index (κ3) is 7.00. The van der Waals surface area contributed by atoms with Crippen LogP contribution in [0, 0.1) is 0 Å². The summed E-state index contributed by atoms with van der Waals surface area (Å²) in [6.07, 6.45) is -4.62. The van der Waals surface area contributed by atoms with E-state index in [9.17, 15) is 22.8 Å². The van der Waals surface area contributed by atoms with Crippen molar-refractivity contribution in [2.24, 2.45) is 0 Å². The number of rotatable bonds is 11. The highest BCUT2D eigenvalue weighted by Gasteiger charge is 2.33. The van der Waals surface area contributed by atoms with E-state index < -0.39 is 35.0 Å². The minimum Gasteiger partial charge on any atom is -0.493 e. The summed E-state index contributed by atoms with van der Waals surface area (Å²) in [6.45, 7) is -0.450. The Balaban J connectivity index is 1.80. The number of halogens is 4. The maximum absolute atomic E-state index is 13.1. The van der Waals surface area contributed by atoms with Crippen molar-refractivity contribution in [1.82, 2.24) is 10.3 Å². The molecule has 0 aliphatic heterocycles. The summed E-state index contributed by atoms with van der Waals surface area (Å²) in [5, 5.41) is 10.9. The number of pyridine rings is 1. The van der Waals surface area contributed by atoms with Crippen LogP contribution in [0.3, 0.4) is 0 Å². The summed E-state index contributed by atoms with van der Waals surface area (Å²) in [4.78, 5) is 29.8. The lowest BCUT2D eigenvalue weighted by molar-refractivity contribution is -0.137. The summed E-state index contributed by atoms with van der Waals surface area (Å²) < 4.78 is 55.0. The van der Waals surface area contributed by atoms with Crippen LogP contribution in [-0.2, 0) is 17.5 Å². The average Bonchev–Trinajstić information content (AvgIpc) is 2.89. The van der Waals surface area contributed by atoms with Gasteiger partial charge in [0, 0.05) is 23.8 Å². The zero-order chi connectivity index (χ0) is 27.9. The molecule has 1 aromatic heterocycles. The van der Waals surface area contributed by atoms with Gasteiger partial charge in [-0.2, -0.15) is 13.2 Å². The fraction of sp³-hybridized carbons (Fsp3) is 0.269. The lowest BCUT2D eigenvalue weighted by Crippen LogP contribution is -2.30. The summed E-state index contributed by atoms with van der Waals surface area (Å²) in [7, 11) is 2.84. The van der Waals surface area contributed by atoms with Gasteiger partial charge in [0.05, 0.1) is 43.1 Å². The highest BCUT2D eigenvalue weighted by Crippen LogP contribution is 2.37. The fourth-order valence-electron chi connectivity index (χ4n) is 3.49. The van der Waals surface area contributed by atoms with Crippen molar-refractivity contribution in [1.29, 1.82) is 0 Å². The van der Waals surface area contributed by atoms with Crippen LogP contribution in [0.4, 0.5) is 13.2 Å². The summed E-state index contributed by atoms with van der Waals surface area (Å²) in [5.41, 5.74) is 0.221. The standard InChI is InChI=1S/C26H24ClF3N2O6/c1-36-14-17-4-7-20(32-24(17)15-3-6-18(19(27)11-15)26(28,29)30)21(34)13-31-25(35)16-5-8-22(38-10-9-33)23(12-16)37-2/h3-8,11-12,33H,9-10,13-14H2,1-2H3,(H,31,35). The third-order valence-electron chi connectivity index (χ3n) is 5.30.